The molecule has 0 amide bonds. The van der Waals surface area contributed by atoms with Gasteiger partial charge in [-0.25, -0.2) is 13.1 Å². The van der Waals surface area contributed by atoms with E-state index in [1.54, 1.807) is 25.4 Å². The predicted molar refractivity (Wildman–Crippen MR) is 116 cm³/mol. The highest BCUT2D eigenvalue weighted by Gasteiger charge is 2.31. The number of methoxy groups -OCH3 is 1. The number of rotatable bonds is 8. The molecule has 154 valence electrons. The van der Waals surface area contributed by atoms with Crippen LogP contribution in [0.3, 0.4) is 0 Å². The number of piperazine rings is 1. The molecule has 1 aliphatic rings. The second-order valence-electron chi connectivity index (χ2n) is 6.99. The molecule has 0 saturated carbocycles. The molecule has 1 N–H and O–H groups in total. The lowest BCUT2D eigenvalue weighted by Gasteiger charge is -2.42. The number of thiophene rings is 1. The van der Waals surface area contributed by atoms with Crippen LogP contribution in [0.25, 0.3) is 0 Å². The van der Waals surface area contributed by atoms with Gasteiger partial charge in [0.2, 0.25) is 10.0 Å². The molecule has 2 aromatic rings. The van der Waals surface area contributed by atoms with E-state index in [9.17, 15) is 8.42 Å². The predicted octanol–water partition coefficient (Wildman–Crippen LogP) is 2.95. The zero-order valence-corrected chi connectivity index (χ0v) is 18.3. The minimum Gasteiger partial charge on any atom is -0.497 e. The van der Waals surface area contributed by atoms with Gasteiger partial charge in [-0.2, -0.15) is 0 Å². The SMILES string of the molecule is CCS(=O)(=O)N[C@@H](C)[C@@H](c1cccs1)N1CCN(c2ccc(OC)cc2)CC1. The van der Waals surface area contributed by atoms with Crippen LogP contribution in [0.15, 0.2) is 41.8 Å². The van der Waals surface area contributed by atoms with Crippen molar-refractivity contribution in [2.24, 2.45) is 0 Å². The Hall–Kier alpha value is -1.61. The topological polar surface area (TPSA) is 61.9 Å². The highest BCUT2D eigenvalue weighted by Crippen LogP contribution is 2.30. The normalized spacial score (nSPS) is 18.0. The van der Waals surface area contributed by atoms with Crippen molar-refractivity contribution < 1.29 is 13.2 Å². The van der Waals surface area contributed by atoms with E-state index in [1.807, 2.05) is 25.1 Å². The monoisotopic (exact) mass is 423 g/mol. The van der Waals surface area contributed by atoms with E-state index < -0.39 is 10.0 Å². The standard InChI is InChI=1S/C20H29N3O3S2/c1-4-28(24,25)21-16(2)20(19-6-5-15-27-19)23-13-11-22(12-14-23)17-7-9-18(26-3)10-8-17/h5-10,15-16,20-21H,4,11-14H2,1-3H3/t16-,20-/m0/s1. The van der Waals surface area contributed by atoms with E-state index in [1.165, 1.54) is 10.6 Å². The maximum atomic E-state index is 12.1. The molecule has 0 radical (unpaired) electrons. The smallest absolute Gasteiger partial charge is 0.211 e. The summed E-state index contributed by atoms with van der Waals surface area (Å²) >= 11 is 1.68. The van der Waals surface area contributed by atoms with Gasteiger partial charge >= 0.3 is 0 Å². The van der Waals surface area contributed by atoms with E-state index in [0.717, 1.165) is 31.9 Å². The first-order chi connectivity index (χ1) is 13.4. The third kappa shape index (κ3) is 5.05. The average Bonchev–Trinajstić information content (AvgIpc) is 3.22. The fraction of sp³-hybridized carbons (Fsp3) is 0.500. The molecule has 2 atom stereocenters. The Morgan fingerprint density at radius 2 is 1.82 bits per heavy atom. The number of benzene rings is 1. The second-order valence-corrected chi connectivity index (χ2v) is 10.0. The summed E-state index contributed by atoms with van der Waals surface area (Å²) in [5.41, 5.74) is 1.19. The maximum absolute atomic E-state index is 12.1. The van der Waals surface area contributed by atoms with Gasteiger partial charge in [-0.1, -0.05) is 6.07 Å². The van der Waals surface area contributed by atoms with Gasteiger partial charge in [0.05, 0.1) is 18.9 Å². The average molecular weight is 424 g/mol. The molecular weight excluding hydrogens is 394 g/mol. The lowest BCUT2D eigenvalue weighted by Crippen LogP contribution is -2.52. The van der Waals surface area contributed by atoms with Crippen molar-refractivity contribution in [3.8, 4) is 5.75 Å². The van der Waals surface area contributed by atoms with E-state index in [-0.39, 0.29) is 17.8 Å². The minimum atomic E-state index is -3.25. The number of ether oxygens (including phenoxy) is 1. The van der Waals surface area contributed by atoms with Crippen molar-refractivity contribution in [2.75, 3.05) is 43.9 Å². The van der Waals surface area contributed by atoms with Crippen molar-refractivity contribution in [1.82, 2.24) is 9.62 Å². The Morgan fingerprint density at radius 3 is 2.36 bits per heavy atom. The van der Waals surface area contributed by atoms with Crippen LogP contribution in [0, 0.1) is 0 Å². The second kappa shape index (κ2) is 9.26. The molecule has 1 aromatic carbocycles. The van der Waals surface area contributed by atoms with E-state index >= 15 is 0 Å². The fourth-order valence-electron chi connectivity index (χ4n) is 3.68. The molecule has 1 saturated heterocycles. The Kier molecular flexibility index (Phi) is 6.98. The van der Waals surface area contributed by atoms with Gasteiger partial charge in [0.25, 0.3) is 0 Å². The lowest BCUT2D eigenvalue weighted by atomic mass is 10.1. The van der Waals surface area contributed by atoms with Crippen LogP contribution in [-0.4, -0.2) is 58.4 Å². The first-order valence-electron chi connectivity index (χ1n) is 9.60. The minimum absolute atomic E-state index is 0.0411. The van der Waals surface area contributed by atoms with Crippen molar-refractivity contribution in [1.29, 1.82) is 0 Å². The van der Waals surface area contributed by atoms with Crippen molar-refractivity contribution >= 4 is 27.0 Å². The number of hydrogen-bond donors (Lipinski definition) is 1. The maximum Gasteiger partial charge on any atom is 0.211 e. The van der Waals surface area contributed by atoms with Crippen LogP contribution in [0.5, 0.6) is 5.75 Å². The van der Waals surface area contributed by atoms with Crippen molar-refractivity contribution in [3.63, 3.8) is 0 Å². The zero-order chi connectivity index (χ0) is 20.1. The number of nitrogens with zero attached hydrogens (tertiary/aromatic N) is 2. The Balaban J connectivity index is 1.70. The first-order valence-corrected chi connectivity index (χ1v) is 12.1. The van der Waals surface area contributed by atoms with Gasteiger partial charge in [-0.15, -0.1) is 11.3 Å². The number of hydrogen-bond acceptors (Lipinski definition) is 6. The molecule has 1 aliphatic heterocycles. The highest BCUT2D eigenvalue weighted by atomic mass is 32.2. The number of sulfonamides is 1. The van der Waals surface area contributed by atoms with Crippen molar-refractivity contribution in [3.05, 3.63) is 46.7 Å². The molecule has 0 bridgehead atoms. The van der Waals surface area contributed by atoms with Gasteiger partial charge in [-0.05, 0) is 49.6 Å². The molecule has 8 heteroatoms. The number of nitrogens with one attached hydrogen (secondary N) is 1. The molecule has 0 unspecified atom stereocenters. The molecule has 28 heavy (non-hydrogen) atoms. The van der Waals surface area contributed by atoms with Crippen LogP contribution in [-0.2, 0) is 10.0 Å². The summed E-state index contributed by atoms with van der Waals surface area (Å²) in [7, 11) is -1.58. The summed E-state index contributed by atoms with van der Waals surface area (Å²) in [5.74, 6) is 0.955. The Morgan fingerprint density at radius 1 is 1.14 bits per heavy atom. The zero-order valence-electron chi connectivity index (χ0n) is 16.7. The van der Waals surface area contributed by atoms with E-state index in [0.29, 0.717) is 0 Å². The molecule has 1 aromatic heterocycles. The summed E-state index contributed by atoms with van der Waals surface area (Å²) in [6.07, 6.45) is 0. The Labute approximate surface area is 172 Å². The van der Waals surface area contributed by atoms with Gasteiger partial charge < -0.3 is 9.64 Å². The van der Waals surface area contributed by atoms with Crippen LogP contribution in [0.1, 0.15) is 24.8 Å². The summed E-state index contributed by atoms with van der Waals surface area (Å²) < 4.78 is 32.3. The summed E-state index contributed by atoms with van der Waals surface area (Å²) in [6.45, 7) is 7.21. The lowest BCUT2D eigenvalue weighted by molar-refractivity contribution is 0.164. The third-order valence-electron chi connectivity index (χ3n) is 5.20. The molecule has 6 nitrogen and oxygen atoms in total. The van der Waals surface area contributed by atoms with Crippen LogP contribution in [0.2, 0.25) is 0 Å². The number of anilines is 1. The van der Waals surface area contributed by atoms with Gasteiger partial charge in [0, 0.05) is 42.8 Å². The summed E-state index contributed by atoms with van der Waals surface area (Å²) in [5, 5.41) is 2.05. The van der Waals surface area contributed by atoms with Gasteiger partial charge in [0.1, 0.15) is 5.75 Å². The largest absolute Gasteiger partial charge is 0.497 e. The third-order valence-corrected chi connectivity index (χ3v) is 7.63. The molecule has 0 aliphatic carbocycles. The van der Waals surface area contributed by atoms with Gasteiger partial charge in [-0.3, -0.25) is 4.90 Å². The van der Waals surface area contributed by atoms with Crippen molar-refractivity contribution in [2.45, 2.75) is 25.9 Å². The molecule has 3 rings (SSSR count). The quantitative estimate of drug-likeness (QED) is 0.707. The van der Waals surface area contributed by atoms with Crippen LogP contribution in [0.4, 0.5) is 5.69 Å². The molecule has 1 fully saturated rings. The fourth-order valence-corrected chi connectivity index (χ4v) is 5.51. The van der Waals surface area contributed by atoms with E-state index in [2.05, 4.69) is 38.1 Å². The summed E-state index contributed by atoms with van der Waals surface area (Å²) in [6, 6.07) is 12.1. The molecule has 0 spiro atoms. The summed E-state index contributed by atoms with van der Waals surface area (Å²) in [4.78, 5) is 5.96. The first kappa shape index (κ1) is 21.1. The Bertz CT molecular complexity index is 830. The van der Waals surface area contributed by atoms with Crippen LogP contribution < -0.4 is 14.4 Å². The molecule has 2 heterocycles. The molecular formula is C20H29N3O3S2. The highest BCUT2D eigenvalue weighted by molar-refractivity contribution is 7.89. The van der Waals surface area contributed by atoms with E-state index in [4.69, 9.17) is 4.74 Å². The van der Waals surface area contributed by atoms with Gasteiger partial charge in [0.15, 0.2) is 0 Å². The van der Waals surface area contributed by atoms with Crippen LogP contribution >= 0.6 is 11.3 Å².